The van der Waals surface area contributed by atoms with Gasteiger partial charge in [-0.15, -0.1) is 0 Å². The maximum absolute atomic E-state index is 8.89. The van der Waals surface area contributed by atoms with Crippen LogP contribution in [0.2, 0.25) is 0 Å². The molecule has 0 radical (unpaired) electrons. The first-order valence-corrected chi connectivity index (χ1v) is 5.45. The summed E-state index contributed by atoms with van der Waals surface area (Å²) in [6.07, 6.45) is 2.08. The molecule has 0 aliphatic rings. The van der Waals surface area contributed by atoms with E-state index in [9.17, 15) is 0 Å². The van der Waals surface area contributed by atoms with Crippen molar-refractivity contribution in [2.24, 2.45) is 0 Å². The van der Waals surface area contributed by atoms with E-state index in [0.29, 0.717) is 17.2 Å². The van der Waals surface area contributed by atoms with Crippen molar-refractivity contribution in [3.8, 4) is 12.1 Å². The second kappa shape index (κ2) is 5.78. The molecular weight excluding hydrogens is 198 g/mol. The van der Waals surface area contributed by atoms with Gasteiger partial charge in [-0.2, -0.15) is 10.5 Å². The lowest BCUT2D eigenvalue weighted by molar-refractivity contribution is 0.672. The van der Waals surface area contributed by atoms with Gasteiger partial charge in [0.2, 0.25) is 0 Å². The Bertz CT molecular complexity index is 433. The molecular formula is C13H15N3. The number of hydrogen-bond acceptors (Lipinski definition) is 3. The van der Waals surface area contributed by atoms with E-state index < -0.39 is 0 Å². The molecule has 0 unspecified atom stereocenters. The van der Waals surface area contributed by atoms with E-state index in [4.69, 9.17) is 10.5 Å². The fourth-order valence-electron chi connectivity index (χ4n) is 1.55. The fraction of sp³-hybridized carbons (Fsp3) is 0.385. The number of anilines is 1. The first kappa shape index (κ1) is 12.1. The lowest BCUT2D eigenvalue weighted by Gasteiger charge is -2.16. The van der Waals surface area contributed by atoms with Crippen LogP contribution in [-0.2, 0) is 0 Å². The zero-order valence-corrected chi connectivity index (χ0v) is 9.62. The first-order chi connectivity index (χ1) is 7.74. The number of benzene rings is 1. The van der Waals surface area contributed by atoms with Crippen LogP contribution in [0.5, 0.6) is 0 Å². The molecule has 3 nitrogen and oxygen atoms in total. The van der Waals surface area contributed by atoms with Crippen molar-refractivity contribution in [1.29, 1.82) is 10.5 Å². The van der Waals surface area contributed by atoms with Crippen LogP contribution in [0.4, 0.5) is 5.69 Å². The molecule has 0 heterocycles. The Balaban J connectivity index is 2.93. The molecule has 0 saturated carbocycles. The lowest BCUT2D eigenvalue weighted by Crippen LogP contribution is -2.16. The van der Waals surface area contributed by atoms with Gasteiger partial charge in [-0.1, -0.05) is 13.8 Å². The third-order valence-corrected chi connectivity index (χ3v) is 2.62. The highest BCUT2D eigenvalue weighted by Crippen LogP contribution is 2.16. The Labute approximate surface area is 96.3 Å². The summed E-state index contributed by atoms with van der Waals surface area (Å²) in [6, 6.07) is 9.72. The molecule has 0 fully saturated rings. The molecule has 82 valence electrons. The minimum Gasteiger partial charge on any atom is -0.382 e. The normalized spacial score (nSPS) is 9.56. The minimum atomic E-state index is 0.416. The average molecular weight is 213 g/mol. The van der Waals surface area contributed by atoms with Gasteiger partial charge in [0.05, 0.1) is 11.1 Å². The first-order valence-electron chi connectivity index (χ1n) is 5.45. The molecule has 0 saturated heterocycles. The molecule has 1 N–H and O–H groups in total. The van der Waals surface area contributed by atoms with Crippen LogP contribution in [-0.4, -0.2) is 6.04 Å². The van der Waals surface area contributed by atoms with Gasteiger partial charge in [-0.25, -0.2) is 0 Å². The highest BCUT2D eigenvalue weighted by Gasteiger charge is 2.06. The Morgan fingerprint density at radius 1 is 1.12 bits per heavy atom. The monoisotopic (exact) mass is 213 g/mol. The summed E-state index contributed by atoms with van der Waals surface area (Å²) < 4.78 is 0. The van der Waals surface area contributed by atoms with Gasteiger partial charge in [0, 0.05) is 11.7 Å². The SMILES string of the molecule is CCC(CC)Nc1ccc(C#N)c(C#N)c1. The molecule has 0 bridgehead atoms. The molecule has 0 spiro atoms. The van der Waals surface area contributed by atoms with Gasteiger partial charge >= 0.3 is 0 Å². The van der Waals surface area contributed by atoms with Gasteiger partial charge in [0.15, 0.2) is 0 Å². The van der Waals surface area contributed by atoms with E-state index in [-0.39, 0.29) is 0 Å². The molecule has 3 heteroatoms. The second-order valence-electron chi connectivity index (χ2n) is 3.64. The quantitative estimate of drug-likeness (QED) is 0.836. The van der Waals surface area contributed by atoms with E-state index in [0.717, 1.165) is 18.5 Å². The van der Waals surface area contributed by atoms with E-state index >= 15 is 0 Å². The maximum atomic E-state index is 8.89. The fourth-order valence-corrected chi connectivity index (χ4v) is 1.55. The summed E-state index contributed by atoms with van der Waals surface area (Å²) in [6.45, 7) is 4.24. The average Bonchev–Trinajstić information content (AvgIpc) is 2.35. The Kier molecular flexibility index (Phi) is 4.36. The molecule has 0 atom stereocenters. The predicted molar refractivity (Wildman–Crippen MR) is 63.9 cm³/mol. The van der Waals surface area contributed by atoms with E-state index in [1.54, 1.807) is 12.1 Å². The topological polar surface area (TPSA) is 59.6 Å². The van der Waals surface area contributed by atoms with Crippen molar-refractivity contribution in [2.45, 2.75) is 32.7 Å². The molecule has 1 aromatic rings. The minimum absolute atomic E-state index is 0.416. The molecule has 1 aromatic carbocycles. The molecule has 0 aromatic heterocycles. The molecule has 0 aliphatic carbocycles. The predicted octanol–water partition coefficient (Wildman–Crippen LogP) is 3.03. The summed E-state index contributed by atoms with van der Waals surface area (Å²) >= 11 is 0. The molecule has 0 amide bonds. The van der Waals surface area contributed by atoms with Gasteiger partial charge in [0.25, 0.3) is 0 Å². The summed E-state index contributed by atoms with van der Waals surface area (Å²) in [5, 5.41) is 21.0. The summed E-state index contributed by atoms with van der Waals surface area (Å²) in [7, 11) is 0. The Hall–Kier alpha value is -2.00. The maximum Gasteiger partial charge on any atom is 0.101 e. The van der Waals surface area contributed by atoms with Crippen LogP contribution in [0.25, 0.3) is 0 Å². The number of nitrogens with zero attached hydrogens (tertiary/aromatic N) is 2. The van der Waals surface area contributed by atoms with Crippen LogP contribution in [0.3, 0.4) is 0 Å². The van der Waals surface area contributed by atoms with Crippen LogP contribution < -0.4 is 5.32 Å². The zero-order valence-electron chi connectivity index (χ0n) is 9.62. The Morgan fingerprint density at radius 3 is 2.25 bits per heavy atom. The highest BCUT2D eigenvalue weighted by atomic mass is 14.9. The zero-order chi connectivity index (χ0) is 12.0. The van der Waals surface area contributed by atoms with Crippen LogP contribution in [0.1, 0.15) is 37.8 Å². The summed E-state index contributed by atoms with van der Waals surface area (Å²) in [5.41, 5.74) is 1.76. The van der Waals surface area contributed by atoms with E-state index in [2.05, 4.69) is 19.2 Å². The number of hydrogen-bond donors (Lipinski definition) is 1. The van der Waals surface area contributed by atoms with Gasteiger partial charge in [-0.05, 0) is 31.0 Å². The Morgan fingerprint density at radius 2 is 1.75 bits per heavy atom. The van der Waals surface area contributed by atoms with Crippen LogP contribution in [0.15, 0.2) is 18.2 Å². The van der Waals surface area contributed by atoms with E-state index in [1.165, 1.54) is 0 Å². The summed E-state index contributed by atoms with van der Waals surface area (Å²) in [5.74, 6) is 0. The molecule has 1 rings (SSSR count). The van der Waals surface area contributed by atoms with Crippen molar-refractivity contribution in [1.82, 2.24) is 0 Å². The summed E-state index contributed by atoms with van der Waals surface area (Å²) in [4.78, 5) is 0. The van der Waals surface area contributed by atoms with Crippen molar-refractivity contribution < 1.29 is 0 Å². The van der Waals surface area contributed by atoms with Crippen molar-refractivity contribution in [3.05, 3.63) is 29.3 Å². The van der Waals surface area contributed by atoms with E-state index in [1.807, 2.05) is 18.2 Å². The molecule has 16 heavy (non-hydrogen) atoms. The van der Waals surface area contributed by atoms with Gasteiger partial charge < -0.3 is 5.32 Å². The highest BCUT2D eigenvalue weighted by molar-refractivity contribution is 5.56. The largest absolute Gasteiger partial charge is 0.382 e. The number of nitrogens with one attached hydrogen (secondary N) is 1. The number of nitriles is 2. The third-order valence-electron chi connectivity index (χ3n) is 2.62. The van der Waals surface area contributed by atoms with Crippen molar-refractivity contribution in [3.63, 3.8) is 0 Å². The second-order valence-corrected chi connectivity index (χ2v) is 3.64. The smallest absolute Gasteiger partial charge is 0.101 e. The van der Waals surface area contributed by atoms with Crippen LogP contribution >= 0.6 is 0 Å². The third kappa shape index (κ3) is 2.74. The van der Waals surface area contributed by atoms with Crippen molar-refractivity contribution in [2.75, 3.05) is 5.32 Å². The van der Waals surface area contributed by atoms with Crippen molar-refractivity contribution >= 4 is 5.69 Å². The lowest BCUT2D eigenvalue weighted by atomic mass is 10.1. The number of rotatable bonds is 4. The standard InChI is InChI=1S/C13H15N3/c1-3-12(4-2)16-13-6-5-10(8-14)11(7-13)9-15/h5-7,12,16H,3-4H2,1-2H3. The molecule has 0 aliphatic heterocycles. The van der Waals surface area contributed by atoms with Crippen LogP contribution in [0, 0.1) is 22.7 Å². The van der Waals surface area contributed by atoms with Gasteiger partial charge in [-0.3, -0.25) is 0 Å². The van der Waals surface area contributed by atoms with Gasteiger partial charge in [0.1, 0.15) is 12.1 Å².